The number of hydrogen-bond donors (Lipinski definition) is 0. The first kappa shape index (κ1) is 16.0. The van der Waals surface area contributed by atoms with Gasteiger partial charge in [-0.2, -0.15) is 0 Å². The van der Waals surface area contributed by atoms with Gasteiger partial charge in [0.05, 0.1) is 10.6 Å². The molecule has 4 rings (SSSR count). The minimum absolute atomic E-state index is 0.158. The van der Waals surface area contributed by atoms with Crippen LogP contribution in [0.5, 0.6) is 0 Å². The number of hydrogen-bond acceptors (Lipinski definition) is 4. The van der Waals surface area contributed by atoms with Crippen molar-refractivity contribution in [3.05, 3.63) is 81.4 Å². The van der Waals surface area contributed by atoms with Crippen LogP contribution in [0.25, 0.3) is 5.57 Å². The minimum atomic E-state index is -0.308. The molecule has 0 radical (unpaired) electrons. The van der Waals surface area contributed by atoms with E-state index in [-0.39, 0.29) is 10.6 Å². The van der Waals surface area contributed by atoms with Gasteiger partial charge in [-0.25, -0.2) is 0 Å². The summed E-state index contributed by atoms with van der Waals surface area (Å²) < 4.78 is 2.20. The van der Waals surface area contributed by atoms with E-state index < -0.39 is 0 Å². The maximum atomic E-state index is 11.3. The Morgan fingerprint density at radius 3 is 2.68 bits per heavy atom. The van der Waals surface area contributed by atoms with Crippen LogP contribution in [-0.4, -0.2) is 11.5 Å². The zero-order valence-corrected chi connectivity index (χ0v) is 14.8. The molecule has 0 spiro atoms. The third kappa shape index (κ3) is 2.85. The predicted molar refractivity (Wildman–Crippen MR) is 103 cm³/mol. The highest BCUT2D eigenvalue weighted by molar-refractivity contribution is 8.00. The van der Waals surface area contributed by atoms with Gasteiger partial charge in [0.2, 0.25) is 0 Å². The second-order valence-electron chi connectivity index (χ2n) is 6.23. The zero-order valence-electron chi connectivity index (χ0n) is 13.9. The van der Waals surface area contributed by atoms with Crippen molar-refractivity contribution < 1.29 is 4.92 Å². The molecule has 0 atom stereocenters. The van der Waals surface area contributed by atoms with Gasteiger partial charge < -0.3 is 4.31 Å². The van der Waals surface area contributed by atoms with E-state index in [0.717, 1.165) is 25.1 Å². The quantitative estimate of drug-likeness (QED) is 0.410. The predicted octanol–water partition coefficient (Wildman–Crippen LogP) is 5.62. The number of allylic oxidation sites excluding steroid dienone is 3. The lowest BCUT2D eigenvalue weighted by Gasteiger charge is -2.24. The van der Waals surface area contributed by atoms with Gasteiger partial charge in [0.15, 0.2) is 0 Å². The summed E-state index contributed by atoms with van der Waals surface area (Å²) in [6.07, 6.45) is 4.23. The van der Waals surface area contributed by atoms with Gasteiger partial charge in [-0.3, -0.25) is 10.1 Å². The lowest BCUT2D eigenvalue weighted by Crippen LogP contribution is -2.16. The van der Waals surface area contributed by atoms with Crippen LogP contribution < -0.4 is 4.31 Å². The third-order valence-electron chi connectivity index (χ3n) is 4.79. The van der Waals surface area contributed by atoms with Gasteiger partial charge in [-0.15, -0.1) is 0 Å². The maximum Gasteiger partial charge on any atom is 0.284 e. The standard InChI is InChI=1S/C20H18N2O2S/c1-14-10-11-16-15(14)12-13-21(18-7-3-2-6-17(16)18)25-20-9-5-4-8-19(20)22(23)24/h2-10H,11-13H2,1H3. The van der Waals surface area contributed by atoms with Crippen LogP contribution >= 0.6 is 11.9 Å². The van der Waals surface area contributed by atoms with Gasteiger partial charge in [0.25, 0.3) is 5.69 Å². The molecule has 2 aliphatic rings. The molecule has 126 valence electrons. The lowest BCUT2D eigenvalue weighted by molar-refractivity contribution is -0.387. The summed E-state index contributed by atoms with van der Waals surface area (Å²) in [5.74, 6) is 0. The molecule has 0 N–H and O–H groups in total. The summed E-state index contributed by atoms with van der Waals surface area (Å²) in [6, 6.07) is 15.3. The molecule has 2 aromatic carbocycles. The fraction of sp³-hybridized carbons (Fsp3) is 0.200. The second kappa shape index (κ2) is 6.41. The Labute approximate surface area is 151 Å². The lowest BCUT2D eigenvalue weighted by atomic mass is 9.98. The van der Waals surface area contributed by atoms with E-state index in [0.29, 0.717) is 4.90 Å². The Balaban J connectivity index is 1.73. The highest BCUT2D eigenvalue weighted by Gasteiger charge is 2.26. The summed E-state index contributed by atoms with van der Waals surface area (Å²) in [5.41, 5.74) is 6.73. The van der Waals surface area contributed by atoms with Gasteiger partial charge in [0, 0.05) is 18.2 Å². The van der Waals surface area contributed by atoms with Crippen molar-refractivity contribution in [1.82, 2.24) is 0 Å². The van der Waals surface area contributed by atoms with Crippen molar-refractivity contribution in [2.75, 3.05) is 10.8 Å². The van der Waals surface area contributed by atoms with Crippen LogP contribution in [0.15, 0.2) is 70.6 Å². The number of nitro groups is 1. The van der Waals surface area contributed by atoms with E-state index in [1.54, 1.807) is 12.1 Å². The highest BCUT2D eigenvalue weighted by atomic mass is 32.2. The van der Waals surface area contributed by atoms with Crippen molar-refractivity contribution >= 4 is 28.9 Å². The molecule has 0 aromatic heterocycles. The fourth-order valence-electron chi connectivity index (χ4n) is 3.54. The Kier molecular flexibility index (Phi) is 4.09. The molecule has 2 aromatic rings. The summed E-state index contributed by atoms with van der Waals surface area (Å²) in [5, 5.41) is 11.3. The van der Waals surface area contributed by atoms with E-state index >= 15 is 0 Å². The van der Waals surface area contributed by atoms with E-state index in [2.05, 4.69) is 35.5 Å². The van der Waals surface area contributed by atoms with Gasteiger partial charge >= 0.3 is 0 Å². The van der Waals surface area contributed by atoms with Crippen molar-refractivity contribution in [1.29, 1.82) is 0 Å². The number of fused-ring (bicyclic) bond motifs is 2. The van der Waals surface area contributed by atoms with Crippen LogP contribution in [0.4, 0.5) is 11.4 Å². The number of nitrogens with zero attached hydrogens (tertiary/aromatic N) is 2. The summed E-state index contributed by atoms with van der Waals surface area (Å²) in [7, 11) is 0. The van der Waals surface area contributed by atoms with Crippen molar-refractivity contribution in [2.24, 2.45) is 0 Å². The van der Waals surface area contributed by atoms with Crippen molar-refractivity contribution in [3.8, 4) is 0 Å². The summed E-state index contributed by atoms with van der Waals surface area (Å²) in [6.45, 7) is 3.01. The van der Waals surface area contributed by atoms with Crippen LogP contribution in [0.2, 0.25) is 0 Å². The van der Waals surface area contributed by atoms with Crippen LogP contribution in [0, 0.1) is 10.1 Å². The molecular formula is C20H18N2O2S. The molecule has 1 aliphatic carbocycles. The highest BCUT2D eigenvalue weighted by Crippen LogP contribution is 2.45. The SMILES string of the molecule is CC1=CCC2=C1CCN(Sc1ccccc1[N+](=O)[O-])c1ccccc12. The summed E-state index contributed by atoms with van der Waals surface area (Å²) >= 11 is 1.46. The van der Waals surface area contributed by atoms with E-state index in [1.807, 2.05) is 18.2 Å². The molecule has 0 unspecified atom stereocenters. The van der Waals surface area contributed by atoms with Gasteiger partial charge in [-0.1, -0.05) is 42.0 Å². The molecule has 0 amide bonds. The smallest absolute Gasteiger partial charge is 0.284 e. The number of anilines is 1. The average Bonchev–Trinajstić information content (AvgIpc) is 2.91. The van der Waals surface area contributed by atoms with Crippen molar-refractivity contribution in [2.45, 2.75) is 24.7 Å². The molecule has 0 saturated heterocycles. The molecular weight excluding hydrogens is 332 g/mol. The Morgan fingerprint density at radius 1 is 1.08 bits per heavy atom. The van der Waals surface area contributed by atoms with Gasteiger partial charge in [0.1, 0.15) is 4.90 Å². The molecule has 4 nitrogen and oxygen atoms in total. The normalized spacial score (nSPS) is 16.2. The molecule has 1 heterocycles. The zero-order chi connectivity index (χ0) is 17.4. The Bertz CT molecular complexity index is 917. The number of rotatable bonds is 3. The van der Waals surface area contributed by atoms with Crippen LogP contribution in [0.3, 0.4) is 0 Å². The maximum absolute atomic E-state index is 11.3. The van der Waals surface area contributed by atoms with Gasteiger partial charge in [-0.05, 0) is 55.0 Å². The number of nitro benzene ring substituents is 1. The molecule has 0 bridgehead atoms. The topological polar surface area (TPSA) is 46.4 Å². The van der Waals surface area contributed by atoms with E-state index in [4.69, 9.17) is 0 Å². The first-order valence-electron chi connectivity index (χ1n) is 8.32. The summed E-state index contributed by atoms with van der Waals surface area (Å²) in [4.78, 5) is 11.7. The average molecular weight is 350 g/mol. The first-order valence-corrected chi connectivity index (χ1v) is 9.10. The third-order valence-corrected chi connectivity index (χ3v) is 5.93. The number of benzene rings is 2. The molecule has 0 fully saturated rings. The number of para-hydroxylation sites is 2. The molecule has 1 aliphatic heterocycles. The first-order chi connectivity index (χ1) is 12.1. The van der Waals surface area contributed by atoms with E-state index in [9.17, 15) is 10.1 Å². The molecule has 5 heteroatoms. The Hall–Kier alpha value is -2.53. The second-order valence-corrected chi connectivity index (χ2v) is 7.30. The molecule has 25 heavy (non-hydrogen) atoms. The van der Waals surface area contributed by atoms with Crippen LogP contribution in [-0.2, 0) is 0 Å². The minimum Gasteiger partial charge on any atom is -0.311 e. The van der Waals surface area contributed by atoms with E-state index in [1.165, 1.54) is 34.2 Å². The van der Waals surface area contributed by atoms with Crippen LogP contribution in [0.1, 0.15) is 25.3 Å². The largest absolute Gasteiger partial charge is 0.311 e. The fourth-order valence-corrected chi connectivity index (χ4v) is 4.59. The van der Waals surface area contributed by atoms with Crippen molar-refractivity contribution in [3.63, 3.8) is 0 Å². The monoisotopic (exact) mass is 350 g/mol. The molecule has 0 saturated carbocycles. The Morgan fingerprint density at radius 2 is 1.84 bits per heavy atom.